The molecule has 2 aromatic rings. The normalized spacial score (nSPS) is 10.1. The number of nitrogens with two attached hydrogens (primary N) is 1. The minimum absolute atomic E-state index is 0.285. The topological polar surface area (TPSA) is 93.0 Å². The highest BCUT2D eigenvalue weighted by Gasteiger charge is 2.10. The van der Waals surface area contributed by atoms with Crippen LogP contribution < -0.4 is 15.8 Å². The number of nitrogen functional groups attached to an aromatic ring is 1. The van der Waals surface area contributed by atoms with Gasteiger partial charge in [0.15, 0.2) is 5.82 Å². The number of benzene rings is 1. The number of rotatable bonds is 3. The minimum Gasteiger partial charge on any atom is -0.497 e. The number of carbonyl (C=O) groups is 1. The van der Waals surface area contributed by atoms with Gasteiger partial charge in [-0.3, -0.25) is 9.89 Å². The summed E-state index contributed by atoms with van der Waals surface area (Å²) in [5, 5.41) is 9.34. The van der Waals surface area contributed by atoms with E-state index in [4.69, 9.17) is 10.5 Å². The molecule has 0 atom stereocenters. The SMILES string of the molecule is COc1cc(N)cc(C(=O)Nc2cc(C)[nH]n2)c1. The van der Waals surface area contributed by atoms with Crippen molar-refractivity contribution in [3.05, 3.63) is 35.5 Å². The molecule has 1 amide bonds. The van der Waals surface area contributed by atoms with Crippen LogP contribution >= 0.6 is 0 Å². The van der Waals surface area contributed by atoms with Crippen molar-refractivity contribution >= 4 is 17.4 Å². The smallest absolute Gasteiger partial charge is 0.257 e. The summed E-state index contributed by atoms with van der Waals surface area (Å²) in [6, 6.07) is 6.58. The Hall–Kier alpha value is -2.50. The molecule has 0 saturated carbocycles. The number of anilines is 2. The summed E-state index contributed by atoms with van der Waals surface area (Å²) in [7, 11) is 1.52. The van der Waals surface area contributed by atoms with Crippen LogP contribution in [0.4, 0.5) is 11.5 Å². The highest BCUT2D eigenvalue weighted by molar-refractivity contribution is 6.04. The van der Waals surface area contributed by atoms with E-state index in [2.05, 4.69) is 15.5 Å². The number of aromatic amines is 1. The van der Waals surface area contributed by atoms with Crippen molar-refractivity contribution in [3.8, 4) is 5.75 Å². The molecule has 1 aromatic heterocycles. The summed E-state index contributed by atoms with van der Waals surface area (Å²) in [6.45, 7) is 1.85. The van der Waals surface area contributed by atoms with E-state index >= 15 is 0 Å². The molecule has 6 nitrogen and oxygen atoms in total. The monoisotopic (exact) mass is 246 g/mol. The van der Waals surface area contributed by atoms with Crippen LogP contribution in [0.3, 0.4) is 0 Å². The quantitative estimate of drug-likeness (QED) is 0.716. The maximum Gasteiger partial charge on any atom is 0.257 e. The predicted octanol–water partition coefficient (Wildman–Crippen LogP) is 1.56. The number of nitrogens with one attached hydrogen (secondary N) is 2. The van der Waals surface area contributed by atoms with Crippen molar-refractivity contribution < 1.29 is 9.53 Å². The molecule has 0 aliphatic rings. The lowest BCUT2D eigenvalue weighted by atomic mass is 10.1. The van der Waals surface area contributed by atoms with Crippen molar-refractivity contribution in [2.75, 3.05) is 18.2 Å². The Morgan fingerprint density at radius 3 is 2.78 bits per heavy atom. The Bertz CT molecular complexity index is 577. The molecule has 2 rings (SSSR count). The van der Waals surface area contributed by atoms with Crippen LogP contribution in [0.1, 0.15) is 16.1 Å². The standard InChI is InChI=1S/C12H14N4O2/c1-7-3-11(16-15-7)14-12(17)8-4-9(13)6-10(5-8)18-2/h3-6H,13H2,1-2H3,(H2,14,15,16,17). The number of ether oxygens (including phenoxy) is 1. The molecule has 6 heteroatoms. The zero-order chi connectivity index (χ0) is 13.1. The van der Waals surface area contributed by atoms with E-state index in [1.807, 2.05) is 6.92 Å². The molecular weight excluding hydrogens is 232 g/mol. The third kappa shape index (κ3) is 2.60. The number of nitrogens with zero attached hydrogens (tertiary/aromatic N) is 1. The fraction of sp³-hybridized carbons (Fsp3) is 0.167. The van der Waals surface area contributed by atoms with Crippen LogP contribution in [-0.2, 0) is 0 Å². The predicted molar refractivity (Wildman–Crippen MR) is 68.7 cm³/mol. The number of aromatic nitrogens is 2. The van der Waals surface area contributed by atoms with E-state index in [0.29, 0.717) is 22.8 Å². The summed E-state index contributed by atoms with van der Waals surface area (Å²) in [5.41, 5.74) is 7.45. The lowest BCUT2D eigenvalue weighted by molar-refractivity contribution is 0.102. The Morgan fingerprint density at radius 1 is 1.39 bits per heavy atom. The second kappa shape index (κ2) is 4.79. The van der Waals surface area contributed by atoms with Crippen LogP contribution in [0.2, 0.25) is 0 Å². The first-order valence-corrected chi connectivity index (χ1v) is 5.36. The van der Waals surface area contributed by atoms with Crippen molar-refractivity contribution in [1.82, 2.24) is 10.2 Å². The van der Waals surface area contributed by atoms with Crippen molar-refractivity contribution in [1.29, 1.82) is 0 Å². The molecule has 94 valence electrons. The van der Waals surface area contributed by atoms with Gasteiger partial charge in [-0.25, -0.2) is 0 Å². The van der Waals surface area contributed by atoms with Gasteiger partial charge in [-0.2, -0.15) is 5.10 Å². The van der Waals surface area contributed by atoms with E-state index in [-0.39, 0.29) is 5.91 Å². The van der Waals surface area contributed by atoms with Gasteiger partial charge in [0.05, 0.1) is 7.11 Å². The van der Waals surface area contributed by atoms with Crippen LogP contribution in [-0.4, -0.2) is 23.2 Å². The third-order valence-electron chi connectivity index (χ3n) is 2.37. The van der Waals surface area contributed by atoms with Crippen LogP contribution in [0.25, 0.3) is 0 Å². The fourth-order valence-electron chi connectivity index (χ4n) is 1.54. The lowest BCUT2D eigenvalue weighted by Gasteiger charge is -2.06. The first-order valence-electron chi connectivity index (χ1n) is 5.36. The number of hydrogen-bond acceptors (Lipinski definition) is 4. The van der Waals surface area contributed by atoms with Crippen LogP contribution in [0, 0.1) is 6.92 Å². The van der Waals surface area contributed by atoms with Gasteiger partial charge in [0.2, 0.25) is 0 Å². The van der Waals surface area contributed by atoms with E-state index in [1.54, 1.807) is 24.3 Å². The van der Waals surface area contributed by atoms with Crippen molar-refractivity contribution in [2.24, 2.45) is 0 Å². The van der Waals surface area contributed by atoms with Gasteiger partial charge in [0.25, 0.3) is 5.91 Å². The second-order valence-corrected chi connectivity index (χ2v) is 3.89. The minimum atomic E-state index is -0.285. The number of aryl methyl sites for hydroxylation is 1. The molecule has 1 heterocycles. The Balaban J connectivity index is 2.20. The zero-order valence-corrected chi connectivity index (χ0v) is 10.2. The van der Waals surface area contributed by atoms with Gasteiger partial charge in [0, 0.05) is 29.1 Å². The Labute approximate surface area is 104 Å². The molecule has 1 aromatic carbocycles. The number of amides is 1. The Kier molecular flexibility index (Phi) is 3.18. The molecule has 0 bridgehead atoms. The summed E-state index contributed by atoms with van der Waals surface area (Å²) in [5.74, 6) is 0.726. The summed E-state index contributed by atoms with van der Waals surface area (Å²) in [4.78, 5) is 12.0. The molecule has 0 aliphatic heterocycles. The molecule has 0 fully saturated rings. The molecule has 0 saturated heterocycles. The van der Waals surface area contributed by atoms with E-state index in [9.17, 15) is 4.79 Å². The molecular formula is C12H14N4O2. The van der Waals surface area contributed by atoms with Crippen LogP contribution in [0.5, 0.6) is 5.75 Å². The van der Waals surface area contributed by atoms with Gasteiger partial charge in [0.1, 0.15) is 5.75 Å². The number of hydrogen-bond donors (Lipinski definition) is 3. The van der Waals surface area contributed by atoms with Gasteiger partial charge in [-0.15, -0.1) is 0 Å². The summed E-state index contributed by atoms with van der Waals surface area (Å²) in [6.07, 6.45) is 0. The number of carbonyl (C=O) groups excluding carboxylic acids is 1. The molecule has 0 spiro atoms. The summed E-state index contributed by atoms with van der Waals surface area (Å²) >= 11 is 0. The van der Waals surface area contributed by atoms with E-state index < -0.39 is 0 Å². The fourth-order valence-corrected chi connectivity index (χ4v) is 1.54. The molecule has 4 N–H and O–H groups in total. The highest BCUT2D eigenvalue weighted by atomic mass is 16.5. The highest BCUT2D eigenvalue weighted by Crippen LogP contribution is 2.19. The first-order chi connectivity index (χ1) is 8.58. The maximum atomic E-state index is 12.0. The lowest BCUT2D eigenvalue weighted by Crippen LogP contribution is -2.12. The average Bonchev–Trinajstić information content (AvgIpc) is 2.73. The molecule has 18 heavy (non-hydrogen) atoms. The zero-order valence-electron chi connectivity index (χ0n) is 10.2. The average molecular weight is 246 g/mol. The van der Waals surface area contributed by atoms with Gasteiger partial charge >= 0.3 is 0 Å². The van der Waals surface area contributed by atoms with Gasteiger partial charge in [-0.1, -0.05) is 0 Å². The number of methoxy groups -OCH3 is 1. The molecule has 0 aliphatic carbocycles. The first kappa shape index (κ1) is 12.0. The Morgan fingerprint density at radius 2 is 2.17 bits per heavy atom. The van der Waals surface area contributed by atoms with E-state index in [0.717, 1.165) is 5.69 Å². The van der Waals surface area contributed by atoms with E-state index in [1.165, 1.54) is 7.11 Å². The van der Waals surface area contributed by atoms with Crippen LogP contribution in [0.15, 0.2) is 24.3 Å². The summed E-state index contributed by atoms with van der Waals surface area (Å²) < 4.78 is 5.06. The molecule has 0 unspecified atom stereocenters. The molecule has 0 radical (unpaired) electrons. The largest absolute Gasteiger partial charge is 0.497 e. The second-order valence-electron chi connectivity index (χ2n) is 3.89. The third-order valence-corrected chi connectivity index (χ3v) is 2.37. The van der Waals surface area contributed by atoms with Gasteiger partial charge < -0.3 is 15.8 Å². The van der Waals surface area contributed by atoms with Crippen molar-refractivity contribution in [3.63, 3.8) is 0 Å². The maximum absolute atomic E-state index is 12.0. The van der Waals surface area contributed by atoms with Gasteiger partial charge in [-0.05, 0) is 19.1 Å². The number of H-pyrrole nitrogens is 1. The van der Waals surface area contributed by atoms with Crippen molar-refractivity contribution in [2.45, 2.75) is 6.92 Å².